The molecule has 1 saturated heterocycles. The van der Waals surface area contributed by atoms with Crippen molar-refractivity contribution in [1.29, 1.82) is 0 Å². The first-order chi connectivity index (χ1) is 12.0. The van der Waals surface area contributed by atoms with Gasteiger partial charge in [0.15, 0.2) is 0 Å². The molecular weight excluding hydrogens is 316 g/mol. The number of anilines is 1. The Morgan fingerprint density at radius 3 is 2.44 bits per heavy atom. The van der Waals surface area contributed by atoms with Gasteiger partial charge in [-0.25, -0.2) is 15.0 Å². The Hall–Kier alpha value is -1.95. The minimum absolute atomic E-state index is 0.219. The normalized spacial score (nSPS) is 19.8. The van der Waals surface area contributed by atoms with Crippen molar-refractivity contribution in [3.8, 4) is 5.88 Å². The molecule has 4 heterocycles. The van der Waals surface area contributed by atoms with Crippen LogP contribution in [0.5, 0.6) is 5.88 Å². The molecule has 6 nitrogen and oxygen atoms in total. The average molecular weight is 344 g/mol. The van der Waals surface area contributed by atoms with Gasteiger partial charge in [-0.3, -0.25) is 0 Å². The predicted octanol–water partition coefficient (Wildman–Crippen LogP) is 3.47. The summed E-state index contributed by atoms with van der Waals surface area (Å²) in [7, 11) is 0. The molecule has 25 heavy (non-hydrogen) atoms. The Balaban J connectivity index is 0.000000880. The van der Waals surface area contributed by atoms with Gasteiger partial charge >= 0.3 is 0 Å². The molecule has 1 fully saturated rings. The van der Waals surface area contributed by atoms with Crippen molar-refractivity contribution in [1.82, 2.24) is 15.0 Å². The molecule has 2 aliphatic rings. The lowest BCUT2D eigenvalue weighted by Crippen LogP contribution is -2.54. The fourth-order valence-corrected chi connectivity index (χ4v) is 3.19. The molecule has 6 heteroatoms. The largest absolute Gasteiger partial charge is 0.475 e. The molecule has 2 aliphatic heterocycles. The number of hydrogen-bond donors (Lipinski definition) is 0. The minimum atomic E-state index is 0.219. The van der Waals surface area contributed by atoms with E-state index in [1.807, 2.05) is 26.8 Å². The molecule has 0 unspecified atom stereocenters. The number of ether oxygens (including phenoxy) is 2. The van der Waals surface area contributed by atoms with Gasteiger partial charge in [-0.15, -0.1) is 0 Å². The highest BCUT2D eigenvalue weighted by atomic mass is 16.5. The monoisotopic (exact) mass is 344 g/mol. The van der Waals surface area contributed by atoms with E-state index < -0.39 is 0 Å². The first-order valence-corrected chi connectivity index (χ1v) is 9.22. The van der Waals surface area contributed by atoms with Gasteiger partial charge in [0.25, 0.3) is 0 Å². The van der Waals surface area contributed by atoms with Crippen LogP contribution in [0.3, 0.4) is 0 Å². The molecule has 0 aromatic carbocycles. The van der Waals surface area contributed by atoms with E-state index in [0.717, 1.165) is 41.5 Å². The lowest BCUT2D eigenvalue weighted by atomic mass is 10.1. The molecule has 0 aliphatic carbocycles. The smallest absolute Gasteiger partial charge is 0.227 e. The standard InChI is InChI=1S/C17H22N4O2.C2H6/c1-9(2)15-19-13-5-10(3)18-17-14(13)16(20-15)21(11(4)6-23-17)12-7-22-8-12;1-2/h5,9,11-12H,6-8H2,1-4H3;1-2H3/t11-;/m0./s1. The first kappa shape index (κ1) is 17.9. The van der Waals surface area contributed by atoms with Gasteiger partial charge in [0, 0.05) is 11.6 Å². The van der Waals surface area contributed by atoms with Crippen LogP contribution in [0, 0.1) is 6.92 Å². The second-order valence-corrected chi connectivity index (χ2v) is 6.78. The lowest BCUT2D eigenvalue weighted by molar-refractivity contribution is 0.00384. The van der Waals surface area contributed by atoms with Crippen LogP contribution in [-0.2, 0) is 4.74 Å². The number of pyridine rings is 1. The van der Waals surface area contributed by atoms with Crippen LogP contribution in [0.1, 0.15) is 52.1 Å². The van der Waals surface area contributed by atoms with Crippen molar-refractivity contribution in [2.24, 2.45) is 0 Å². The average Bonchev–Trinajstić information content (AvgIpc) is 2.67. The molecule has 0 radical (unpaired) electrons. The third-order valence-corrected chi connectivity index (χ3v) is 4.48. The fourth-order valence-electron chi connectivity index (χ4n) is 3.19. The summed E-state index contributed by atoms with van der Waals surface area (Å²) in [4.78, 5) is 16.6. The van der Waals surface area contributed by atoms with E-state index in [2.05, 4.69) is 30.7 Å². The van der Waals surface area contributed by atoms with E-state index in [4.69, 9.17) is 19.4 Å². The van der Waals surface area contributed by atoms with Crippen LogP contribution >= 0.6 is 0 Å². The third kappa shape index (κ3) is 3.15. The van der Waals surface area contributed by atoms with E-state index >= 15 is 0 Å². The maximum atomic E-state index is 5.99. The zero-order valence-electron chi connectivity index (χ0n) is 16.0. The molecule has 0 spiro atoms. The van der Waals surface area contributed by atoms with Gasteiger partial charge < -0.3 is 14.4 Å². The maximum Gasteiger partial charge on any atom is 0.227 e. The minimum Gasteiger partial charge on any atom is -0.475 e. The Morgan fingerprint density at radius 2 is 1.84 bits per heavy atom. The zero-order valence-corrected chi connectivity index (χ0v) is 16.0. The number of aryl methyl sites for hydroxylation is 1. The number of hydrogen-bond acceptors (Lipinski definition) is 6. The second-order valence-electron chi connectivity index (χ2n) is 6.78. The van der Waals surface area contributed by atoms with E-state index in [9.17, 15) is 0 Å². The Kier molecular flexibility index (Phi) is 5.08. The molecule has 4 rings (SSSR count). The highest BCUT2D eigenvalue weighted by Gasteiger charge is 2.35. The SMILES string of the molecule is CC.Cc1cc2nc(C(C)C)nc3c2c(n1)OC[C@H](C)N3C1COC1. The van der Waals surface area contributed by atoms with Gasteiger partial charge in [-0.1, -0.05) is 27.7 Å². The van der Waals surface area contributed by atoms with Crippen LogP contribution < -0.4 is 9.64 Å². The highest BCUT2D eigenvalue weighted by molar-refractivity contribution is 5.94. The summed E-state index contributed by atoms with van der Waals surface area (Å²) < 4.78 is 11.4. The summed E-state index contributed by atoms with van der Waals surface area (Å²) in [5.41, 5.74) is 1.83. The molecular formula is C19H28N4O2. The Bertz CT molecular complexity index is 759. The van der Waals surface area contributed by atoms with Gasteiger partial charge in [-0.2, -0.15) is 0 Å². The fraction of sp³-hybridized carbons (Fsp3) is 0.632. The number of nitrogens with zero attached hydrogens (tertiary/aromatic N) is 4. The van der Waals surface area contributed by atoms with Crippen LogP contribution in [-0.4, -0.2) is 46.9 Å². The summed E-state index contributed by atoms with van der Waals surface area (Å²) >= 11 is 0. The lowest BCUT2D eigenvalue weighted by Gasteiger charge is -2.41. The highest BCUT2D eigenvalue weighted by Crippen LogP contribution is 2.37. The van der Waals surface area contributed by atoms with Crippen molar-refractivity contribution < 1.29 is 9.47 Å². The van der Waals surface area contributed by atoms with Crippen LogP contribution in [0.25, 0.3) is 10.9 Å². The first-order valence-electron chi connectivity index (χ1n) is 9.22. The van der Waals surface area contributed by atoms with Crippen LogP contribution in [0.15, 0.2) is 6.07 Å². The zero-order chi connectivity index (χ0) is 18.1. The van der Waals surface area contributed by atoms with Crippen LogP contribution in [0.2, 0.25) is 0 Å². The topological polar surface area (TPSA) is 60.4 Å². The molecule has 0 N–H and O–H groups in total. The van der Waals surface area contributed by atoms with Gasteiger partial charge in [-0.05, 0) is 19.9 Å². The second kappa shape index (κ2) is 7.12. The summed E-state index contributed by atoms with van der Waals surface area (Å²) in [6, 6.07) is 2.58. The Morgan fingerprint density at radius 1 is 1.12 bits per heavy atom. The van der Waals surface area contributed by atoms with E-state index in [1.54, 1.807) is 0 Å². The summed E-state index contributed by atoms with van der Waals surface area (Å²) in [6.45, 7) is 14.5. The summed E-state index contributed by atoms with van der Waals surface area (Å²) in [6.07, 6.45) is 0. The van der Waals surface area contributed by atoms with Gasteiger partial charge in [0.05, 0.1) is 30.8 Å². The molecule has 2 aromatic heterocycles. The molecule has 0 amide bonds. The predicted molar refractivity (Wildman–Crippen MR) is 99.6 cm³/mol. The summed E-state index contributed by atoms with van der Waals surface area (Å²) in [5.74, 6) is 2.73. The maximum absolute atomic E-state index is 5.99. The molecule has 136 valence electrons. The van der Waals surface area contributed by atoms with Crippen LogP contribution in [0.4, 0.5) is 5.82 Å². The number of aromatic nitrogens is 3. The molecule has 0 saturated carbocycles. The van der Waals surface area contributed by atoms with Crippen molar-refractivity contribution in [3.05, 3.63) is 17.6 Å². The summed E-state index contributed by atoms with van der Waals surface area (Å²) in [5, 5.41) is 0.927. The molecule has 1 atom stereocenters. The quantitative estimate of drug-likeness (QED) is 0.831. The van der Waals surface area contributed by atoms with E-state index in [0.29, 0.717) is 18.5 Å². The van der Waals surface area contributed by atoms with Crippen molar-refractivity contribution in [2.75, 3.05) is 24.7 Å². The van der Waals surface area contributed by atoms with Crippen molar-refractivity contribution in [3.63, 3.8) is 0 Å². The van der Waals surface area contributed by atoms with Crippen molar-refractivity contribution >= 4 is 16.7 Å². The molecule has 0 bridgehead atoms. The van der Waals surface area contributed by atoms with E-state index in [-0.39, 0.29) is 12.0 Å². The molecule has 2 aromatic rings. The Labute approximate surface area is 149 Å². The van der Waals surface area contributed by atoms with Crippen molar-refractivity contribution in [2.45, 2.75) is 59.5 Å². The third-order valence-electron chi connectivity index (χ3n) is 4.48. The van der Waals surface area contributed by atoms with Gasteiger partial charge in [0.1, 0.15) is 23.6 Å². The van der Waals surface area contributed by atoms with Gasteiger partial charge in [0.2, 0.25) is 5.88 Å². The number of rotatable bonds is 2. The van der Waals surface area contributed by atoms with E-state index in [1.165, 1.54) is 0 Å².